The molecule has 0 N–H and O–H groups in total. The molecular weight excluding hydrogens is 625 g/mol. The SMILES string of the molecule is c1ccc(-c2ccccc2-c2ccc3c(c2)cc(-c2cc4ccccc4c4ccccc24)c2cc(-c4ccccc4-c4ccccc4)ccc23)cc1. The van der Waals surface area contributed by atoms with E-state index < -0.39 is 0 Å². The van der Waals surface area contributed by atoms with Crippen LogP contribution in [0.25, 0.3) is 98.7 Å². The van der Waals surface area contributed by atoms with Gasteiger partial charge < -0.3 is 0 Å². The maximum atomic E-state index is 2.44. The molecule has 0 atom stereocenters. The molecule has 10 rings (SSSR count). The third kappa shape index (κ3) is 5.08. The van der Waals surface area contributed by atoms with Crippen LogP contribution in [0.3, 0.4) is 0 Å². The van der Waals surface area contributed by atoms with Crippen LogP contribution in [0.1, 0.15) is 0 Å². The fourth-order valence-electron chi connectivity index (χ4n) is 8.21. The van der Waals surface area contributed by atoms with Crippen LogP contribution in [0.5, 0.6) is 0 Å². The van der Waals surface area contributed by atoms with Crippen molar-refractivity contribution in [2.45, 2.75) is 0 Å². The first-order chi connectivity index (χ1) is 25.8. The average molecular weight is 659 g/mol. The number of benzene rings is 10. The minimum atomic E-state index is 1.21. The third-order valence-electron chi connectivity index (χ3n) is 10.7. The Morgan fingerprint density at radius 1 is 0.173 bits per heavy atom. The van der Waals surface area contributed by atoms with Gasteiger partial charge in [0.05, 0.1) is 0 Å². The first-order valence-corrected chi connectivity index (χ1v) is 18.0. The summed E-state index contributed by atoms with van der Waals surface area (Å²) in [6.45, 7) is 0. The van der Waals surface area contributed by atoms with E-state index in [0.29, 0.717) is 0 Å². The van der Waals surface area contributed by atoms with E-state index in [0.717, 1.165) is 0 Å². The van der Waals surface area contributed by atoms with Crippen LogP contribution >= 0.6 is 0 Å². The highest BCUT2D eigenvalue weighted by atomic mass is 14.2. The molecule has 0 fully saturated rings. The van der Waals surface area contributed by atoms with Crippen LogP contribution in [0.15, 0.2) is 206 Å². The van der Waals surface area contributed by atoms with Crippen molar-refractivity contribution < 1.29 is 0 Å². The average Bonchev–Trinajstić information content (AvgIpc) is 3.23. The molecule has 10 aromatic rings. The molecule has 0 nitrogen and oxygen atoms in total. The van der Waals surface area contributed by atoms with Crippen LogP contribution in [0.2, 0.25) is 0 Å². The van der Waals surface area contributed by atoms with Gasteiger partial charge in [-0.05, 0) is 123 Å². The van der Waals surface area contributed by atoms with Crippen molar-refractivity contribution in [3.05, 3.63) is 206 Å². The van der Waals surface area contributed by atoms with Gasteiger partial charge in [-0.2, -0.15) is 0 Å². The van der Waals surface area contributed by atoms with Crippen LogP contribution in [-0.4, -0.2) is 0 Å². The van der Waals surface area contributed by atoms with Gasteiger partial charge in [-0.3, -0.25) is 0 Å². The van der Waals surface area contributed by atoms with Gasteiger partial charge in [0.2, 0.25) is 0 Å². The van der Waals surface area contributed by atoms with Crippen molar-refractivity contribution in [1.29, 1.82) is 0 Å². The summed E-state index contributed by atoms with van der Waals surface area (Å²) in [5.74, 6) is 0. The highest BCUT2D eigenvalue weighted by Gasteiger charge is 2.17. The zero-order chi connectivity index (χ0) is 34.4. The molecule has 10 aromatic carbocycles. The monoisotopic (exact) mass is 658 g/mol. The number of rotatable bonds is 5. The minimum Gasteiger partial charge on any atom is -0.0622 e. The van der Waals surface area contributed by atoms with Crippen molar-refractivity contribution in [2.75, 3.05) is 0 Å². The summed E-state index contributed by atoms with van der Waals surface area (Å²) in [7, 11) is 0. The molecule has 0 bridgehead atoms. The second-order valence-electron chi connectivity index (χ2n) is 13.6. The molecule has 52 heavy (non-hydrogen) atoms. The maximum absolute atomic E-state index is 2.44. The molecule has 0 aliphatic heterocycles. The van der Waals surface area contributed by atoms with Gasteiger partial charge in [0, 0.05) is 0 Å². The Bertz CT molecular complexity index is 2940. The summed E-state index contributed by atoms with van der Waals surface area (Å²) in [6.07, 6.45) is 0. The molecule has 0 aromatic heterocycles. The van der Waals surface area contributed by atoms with Crippen LogP contribution in [0, 0.1) is 0 Å². The van der Waals surface area contributed by atoms with E-state index in [9.17, 15) is 0 Å². The molecule has 0 radical (unpaired) electrons. The summed E-state index contributed by atoms with van der Waals surface area (Å²) >= 11 is 0. The van der Waals surface area contributed by atoms with E-state index in [4.69, 9.17) is 0 Å². The van der Waals surface area contributed by atoms with Gasteiger partial charge in [-0.1, -0.05) is 182 Å². The lowest BCUT2D eigenvalue weighted by Crippen LogP contribution is -1.91. The molecule has 0 heteroatoms. The van der Waals surface area contributed by atoms with Gasteiger partial charge in [-0.15, -0.1) is 0 Å². The van der Waals surface area contributed by atoms with Crippen molar-refractivity contribution in [3.8, 4) is 55.6 Å². The Balaban J connectivity index is 1.27. The number of hydrogen-bond donors (Lipinski definition) is 0. The lowest BCUT2D eigenvalue weighted by Gasteiger charge is -2.18. The van der Waals surface area contributed by atoms with Gasteiger partial charge >= 0.3 is 0 Å². The van der Waals surface area contributed by atoms with E-state index in [1.807, 2.05) is 0 Å². The van der Waals surface area contributed by atoms with Crippen LogP contribution < -0.4 is 0 Å². The van der Waals surface area contributed by atoms with E-state index >= 15 is 0 Å². The Morgan fingerprint density at radius 3 is 1.21 bits per heavy atom. The molecule has 0 unspecified atom stereocenters. The molecule has 0 saturated carbocycles. The molecule has 242 valence electrons. The zero-order valence-corrected chi connectivity index (χ0v) is 28.6. The standard InChI is InChI=1S/C52H34/c1-3-15-35(16-4-1)41-20-9-11-22-43(41)38-27-29-46-40(31-38)34-52(50-32-37-19-7-8-24-45(37)47-25-13-14-26-48(47)50)51-33-39(28-30-49(46)51)44-23-12-10-21-42(44)36-17-5-2-6-18-36/h1-34H. The van der Waals surface area contributed by atoms with Crippen LogP contribution in [-0.2, 0) is 0 Å². The Kier molecular flexibility index (Phi) is 7.25. The zero-order valence-electron chi connectivity index (χ0n) is 28.6. The molecular formula is C52H34. The summed E-state index contributed by atoms with van der Waals surface area (Å²) in [5, 5.41) is 10.1. The maximum Gasteiger partial charge on any atom is -0.00923 e. The van der Waals surface area contributed by atoms with Crippen molar-refractivity contribution >= 4 is 43.1 Å². The lowest BCUT2D eigenvalue weighted by molar-refractivity contribution is 1.59. The van der Waals surface area contributed by atoms with Gasteiger partial charge in [0.25, 0.3) is 0 Å². The van der Waals surface area contributed by atoms with Crippen molar-refractivity contribution in [1.82, 2.24) is 0 Å². The lowest BCUT2D eigenvalue weighted by atomic mass is 9.86. The highest BCUT2D eigenvalue weighted by Crippen LogP contribution is 2.44. The van der Waals surface area contributed by atoms with E-state index in [1.165, 1.54) is 98.7 Å². The third-order valence-corrected chi connectivity index (χ3v) is 10.7. The second kappa shape index (κ2) is 12.5. The molecule has 0 saturated heterocycles. The predicted molar refractivity (Wildman–Crippen MR) is 224 cm³/mol. The van der Waals surface area contributed by atoms with Crippen molar-refractivity contribution in [3.63, 3.8) is 0 Å². The molecule has 0 spiro atoms. The predicted octanol–water partition coefficient (Wildman–Crippen LogP) is 14.6. The minimum absolute atomic E-state index is 1.21. The van der Waals surface area contributed by atoms with Gasteiger partial charge in [-0.25, -0.2) is 0 Å². The Morgan fingerprint density at radius 2 is 0.577 bits per heavy atom. The molecule has 0 heterocycles. The fourth-order valence-corrected chi connectivity index (χ4v) is 8.21. The Labute approximate surface area is 303 Å². The normalized spacial score (nSPS) is 11.5. The molecule has 0 aliphatic carbocycles. The smallest absolute Gasteiger partial charge is 0.00923 e. The summed E-state index contributed by atoms with van der Waals surface area (Å²) in [6, 6.07) is 75.6. The van der Waals surface area contributed by atoms with E-state index in [-0.39, 0.29) is 0 Å². The summed E-state index contributed by atoms with van der Waals surface area (Å²) < 4.78 is 0. The second-order valence-corrected chi connectivity index (χ2v) is 13.6. The number of hydrogen-bond acceptors (Lipinski definition) is 0. The number of fused-ring (bicyclic) bond motifs is 6. The highest BCUT2D eigenvalue weighted by molar-refractivity contribution is 6.21. The van der Waals surface area contributed by atoms with E-state index in [1.54, 1.807) is 0 Å². The molecule has 0 aliphatic rings. The summed E-state index contributed by atoms with van der Waals surface area (Å²) in [4.78, 5) is 0. The Hall–Kier alpha value is -6.76. The summed E-state index contributed by atoms with van der Waals surface area (Å²) in [5.41, 5.74) is 12.3. The van der Waals surface area contributed by atoms with Gasteiger partial charge in [0.1, 0.15) is 0 Å². The molecule has 0 amide bonds. The first kappa shape index (κ1) is 30.1. The van der Waals surface area contributed by atoms with Crippen molar-refractivity contribution in [2.24, 2.45) is 0 Å². The fraction of sp³-hybridized carbons (Fsp3) is 0. The quantitative estimate of drug-likeness (QED) is 0.161. The van der Waals surface area contributed by atoms with E-state index in [2.05, 4.69) is 206 Å². The topological polar surface area (TPSA) is 0 Å². The largest absolute Gasteiger partial charge is 0.0622 e. The van der Waals surface area contributed by atoms with Crippen LogP contribution in [0.4, 0.5) is 0 Å². The first-order valence-electron chi connectivity index (χ1n) is 18.0. The van der Waals surface area contributed by atoms with Gasteiger partial charge in [0.15, 0.2) is 0 Å².